The van der Waals surface area contributed by atoms with E-state index < -0.39 is 0 Å². The van der Waals surface area contributed by atoms with Crippen molar-refractivity contribution in [1.29, 1.82) is 0 Å². The summed E-state index contributed by atoms with van der Waals surface area (Å²) in [5, 5.41) is 0. The van der Waals surface area contributed by atoms with Crippen molar-refractivity contribution in [1.82, 2.24) is 0 Å². The smallest absolute Gasteiger partial charge is 0.157 e. The van der Waals surface area contributed by atoms with Crippen LogP contribution in [0.25, 0.3) is 0 Å². The largest absolute Gasteiger partial charge is 0.356 e. The molecule has 0 rings (SSSR count). The summed E-state index contributed by atoms with van der Waals surface area (Å²) in [5.41, 5.74) is 0. The molecule has 98 valence electrons. The first-order valence-electron chi connectivity index (χ1n) is 6.73. The van der Waals surface area contributed by atoms with Gasteiger partial charge in [-0.05, 0) is 11.8 Å². The summed E-state index contributed by atoms with van der Waals surface area (Å²) >= 11 is 0. The van der Waals surface area contributed by atoms with Crippen molar-refractivity contribution in [3.63, 3.8) is 0 Å². The lowest BCUT2D eigenvalue weighted by atomic mass is 9.92. The van der Waals surface area contributed by atoms with E-state index in [1.54, 1.807) is 14.2 Å². The number of hydrogen-bond acceptors (Lipinski definition) is 2. The van der Waals surface area contributed by atoms with Gasteiger partial charge in [0.2, 0.25) is 0 Å². The van der Waals surface area contributed by atoms with Gasteiger partial charge in [-0.1, -0.05) is 52.9 Å². The Hall–Kier alpha value is -0.0800. The summed E-state index contributed by atoms with van der Waals surface area (Å²) in [4.78, 5) is 0. The first kappa shape index (κ1) is 15.9. The molecule has 0 saturated carbocycles. The van der Waals surface area contributed by atoms with Crippen LogP contribution in [0.2, 0.25) is 0 Å². The van der Waals surface area contributed by atoms with E-state index in [0.717, 1.165) is 18.3 Å². The Balaban J connectivity index is 3.73. The molecule has 0 aromatic heterocycles. The molecule has 0 fully saturated rings. The van der Waals surface area contributed by atoms with Crippen LogP contribution in [0.1, 0.15) is 59.3 Å². The molecule has 0 spiro atoms. The molecule has 2 atom stereocenters. The molecule has 0 saturated heterocycles. The predicted molar refractivity (Wildman–Crippen MR) is 69.5 cm³/mol. The van der Waals surface area contributed by atoms with E-state index in [-0.39, 0.29) is 6.29 Å². The molecule has 0 aliphatic rings. The highest BCUT2D eigenvalue weighted by Crippen LogP contribution is 2.22. The molecule has 0 aromatic rings. The Bertz CT molecular complexity index is 144. The zero-order valence-electron chi connectivity index (χ0n) is 11.8. The lowest BCUT2D eigenvalue weighted by molar-refractivity contribution is -0.114. The van der Waals surface area contributed by atoms with E-state index in [2.05, 4.69) is 20.8 Å². The minimum absolute atomic E-state index is 0.0199. The van der Waals surface area contributed by atoms with Gasteiger partial charge < -0.3 is 9.47 Å². The van der Waals surface area contributed by atoms with Gasteiger partial charge in [-0.3, -0.25) is 0 Å². The average Bonchev–Trinajstić information content (AvgIpc) is 2.33. The first-order chi connectivity index (χ1) is 7.67. The molecule has 0 aliphatic carbocycles. The highest BCUT2D eigenvalue weighted by molar-refractivity contribution is 4.61. The molecule has 2 unspecified atom stereocenters. The number of methoxy groups -OCH3 is 2. The number of rotatable bonds is 10. The minimum atomic E-state index is -0.0199. The normalized spacial score (nSPS) is 15.4. The van der Waals surface area contributed by atoms with E-state index in [9.17, 15) is 0 Å². The van der Waals surface area contributed by atoms with Gasteiger partial charge in [0.1, 0.15) is 0 Å². The maximum absolute atomic E-state index is 5.26. The first-order valence-corrected chi connectivity index (χ1v) is 6.73. The monoisotopic (exact) mass is 230 g/mol. The fraction of sp³-hybridized carbons (Fsp3) is 1.00. The van der Waals surface area contributed by atoms with Crippen LogP contribution in [0.4, 0.5) is 0 Å². The molecule has 0 amide bonds. The maximum Gasteiger partial charge on any atom is 0.157 e. The van der Waals surface area contributed by atoms with Gasteiger partial charge in [0.05, 0.1) is 0 Å². The summed E-state index contributed by atoms with van der Waals surface area (Å²) in [5.74, 6) is 1.62. The summed E-state index contributed by atoms with van der Waals surface area (Å²) in [6, 6.07) is 0. The SMILES string of the molecule is CCC(C)CCCC(CC)CC(OC)OC. The van der Waals surface area contributed by atoms with E-state index in [1.807, 2.05) is 0 Å². The Morgan fingerprint density at radius 3 is 2.00 bits per heavy atom. The second-order valence-corrected chi connectivity index (χ2v) is 4.86. The van der Waals surface area contributed by atoms with Crippen LogP contribution in [0.15, 0.2) is 0 Å². The van der Waals surface area contributed by atoms with Gasteiger partial charge in [-0.15, -0.1) is 0 Å². The average molecular weight is 230 g/mol. The van der Waals surface area contributed by atoms with Crippen molar-refractivity contribution in [2.75, 3.05) is 14.2 Å². The lowest BCUT2D eigenvalue weighted by Crippen LogP contribution is -2.18. The Labute approximate surface area is 102 Å². The molecule has 0 aliphatic heterocycles. The Kier molecular flexibility index (Phi) is 10.0. The van der Waals surface area contributed by atoms with Crippen LogP contribution >= 0.6 is 0 Å². The molecule has 0 N–H and O–H groups in total. The van der Waals surface area contributed by atoms with Crippen LogP contribution in [-0.2, 0) is 9.47 Å². The zero-order valence-corrected chi connectivity index (χ0v) is 11.8. The quantitative estimate of drug-likeness (QED) is 0.523. The fourth-order valence-electron chi connectivity index (χ4n) is 2.01. The van der Waals surface area contributed by atoms with Crippen molar-refractivity contribution in [2.45, 2.75) is 65.6 Å². The molecular formula is C14H30O2. The van der Waals surface area contributed by atoms with Gasteiger partial charge in [0.15, 0.2) is 6.29 Å². The van der Waals surface area contributed by atoms with Crippen molar-refractivity contribution in [3.8, 4) is 0 Å². The molecule has 2 nitrogen and oxygen atoms in total. The van der Waals surface area contributed by atoms with E-state index >= 15 is 0 Å². The van der Waals surface area contributed by atoms with Crippen LogP contribution in [0.3, 0.4) is 0 Å². The summed E-state index contributed by atoms with van der Waals surface area (Å²) in [7, 11) is 3.44. The zero-order chi connectivity index (χ0) is 12.4. The van der Waals surface area contributed by atoms with Crippen LogP contribution in [0, 0.1) is 11.8 Å². The standard InChI is InChI=1S/C14H30O2/c1-6-12(3)9-8-10-13(7-2)11-14(15-4)16-5/h12-14H,6-11H2,1-5H3. The third-order valence-electron chi connectivity index (χ3n) is 3.64. The van der Waals surface area contributed by atoms with Crippen molar-refractivity contribution < 1.29 is 9.47 Å². The van der Waals surface area contributed by atoms with E-state index in [4.69, 9.17) is 9.47 Å². The lowest BCUT2D eigenvalue weighted by Gasteiger charge is -2.21. The second-order valence-electron chi connectivity index (χ2n) is 4.86. The maximum atomic E-state index is 5.26. The van der Waals surface area contributed by atoms with Gasteiger partial charge in [-0.25, -0.2) is 0 Å². The molecular weight excluding hydrogens is 200 g/mol. The van der Waals surface area contributed by atoms with Gasteiger partial charge >= 0.3 is 0 Å². The van der Waals surface area contributed by atoms with Crippen molar-refractivity contribution in [2.24, 2.45) is 11.8 Å². The van der Waals surface area contributed by atoms with Crippen LogP contribution in [0.5, 0.6) is 0 Å². The molecule has 16 heavy (non-hydrogen) atoms. The molecule has 2 heteroatoms. The Morgan fingerprint density at radius 1 is 0.938 bits per heavy atom. The summed E-state index contributed by atoms with van der Waals surface area (Å²) < 4.78 is 10.5. The van der Waals surface area contributed by atoms with Crippen molar-refractivity contribution in [3.05, 3.63) is 0 Å². The molecule has 0 aromatic carbocycles. The third kappa shape index (κ3) is 7.24. The van der Waals surface area contributed by atoms with E-state index in [1.165, 1.54) is 32.1 Å². The van der Waals surface area contributed by atoms with Gasteiger partial charge in [0, 0.05) is 20.6 Å². The van der Waals surface area contributed by atoms with Crippen LogP contribution in [-0.4, -0.2) is 20.5 Å². The third-order valence-corrected chi connectivity index (χ3v) is 3.64. The van der Waals surface area contributed by atoms with Crippen molar-refractivity contribution >= 4 is 0 Å². The summed E-state index contributed by atoms with van der Waals surface area (Å²) in [6.45, 7) is 6.87. The highest BCUT2D eigenvalue weighted by Gasteiger charge is 2.14. The minimum Gasteiger partial charge on any atom is -0.356 e. The topological polar surface area (TPSA) is 18.5 Å². The molecule has 0 bridgehead atoms. The number of hydrogen-bond donors (Lipinski definition) is 0. The Morgan fingerprint density at radius 2 is 1.56 bits per heavy atom. The van der Waals surface area contributed by atoms with Gasteiger partial charge in [0.25, 0.3) is 0 Å². The second kappa shape index (κ2) is 10.1. The molecule has 0 radical (unpaired) electrons. The van der Waals surface area contributed by atoms with Gasteiger partial charge in [-0.2, -0.15) is 0 Å². The fourth-order valence-corrected chi connectivity index (χ4v) is 2.01. The molecule has 0 heterocycles. The highest BCUT2D eigenvalue weighted by atomic mass is 16.7. The van der Waals surface area contributed by atoms with E-state index in [0.29, 0.717) is 0 Å². The predicted octanol–water partition coefficient (Wildman–Crippen LogP) is 4.24. The number of ether oxygens (including phenoxy) is 2. The van der Waals surface area contributed by atoms with Crippen LogP contribution < -0.4 is 0 Å². The summed E-state index contributed by atoms with van der Waals surface area (Å²) in [6.07, 6.45) is 7.55.